The second-order valence-corrected chi connectivity index (χ2v) is 4.70. The minimum absolute atomic E-state index is 0.196. The van der Waals surface area contributed by atoms with Gasteiger partial charge in [0.2, 0.25) is 0 Å². The zero-order chi connectivity index (χ0) is 11.6. The van der Waals surface area contributed by atoms with Crippen LogP contribution in [0.25, 0.3) is 0 Å². The lowest BCUT2D eigenvalue weighted by atomic mass is 9.77. The maximum absolute atomic E-state index is 12.6. The predicted octanol–water partition coefficient (Wildman–Crippen LogP) is 2.98. The van der Waals surface area contributed by atoms with E-state index in [4.69, 9.17) is 5.73 Å². The molecule has 0 amide bonds. The molecule has 0 spiro atoms. The number of aromatic hydroxyl groups is 1. The molecule has 88 valence electrons. The van der Waals surface area contributed by atoms with E-state index in [1.807, 2.05) is 0 Å². The quantitative estimate of drug-likeness (QED) is 0.809. The van der Waals surface area contributed by atoms with Gasteiger partial charge >= 0.3 is 0 Å². The van der Waals surface area contributed by atoms with Crippen molar-refractivity contribution in [1.82, 2.24) is 0 Å². The Morgan fingerprint density at radius 2 is 1.94 bits per heavy atom. The van der Waals surface area contributed by atoms with Crippen LogP contribution in [0.1, 0.15) is 43.2 Å². The van der Waals surface area contributed by atoms with Crippen LogP contribution in [0.2, 0.25) is 0 Å². The third kappa shape index (κ3) is 2.05. The minimum atomic E-state index is -0.511. The molecule has 16 heavy (non-hydrogen) atoms. The van der Waals surface area contributed by atoms with Crippen LogP contribution in [0.15, 0.2) is 18.2 Å². The van der Waals surface area contributed by atoms with Crippen molar-refractivity contribution in [1.29, 1.82) is 0 Å². The summed E-state index contributed by atoms with van der Waals surface area (Å²) < 4.78 is 12.6. The number of hydrogen-bond acceptors (Lipinski definition) is 2. The molecule has 0 unspecified atom stereocenters. The first-order valence-electron chi connectivity index (χ1n) is 5.83. The van der Waals surface area contributed by atoms with E-state index < -0.39 is 12.2 Å². The second-order valence-electron chi connectivity index (χ2n) is 4.70. The maximum atomic E-state index is 12.6. The highest BCUT2D eigenvalue weighted by atomic mass is 19.1. The summed E-state index contributed by atoms with van der Waals surface area (Å²) in [6, 6.07) is 4.86. The lowest BCUT2D eigenvalue weighted by Gasteiger charge is -2.34. The molecule has 1 aromatic rings. The van der Waals surface area contributed by atoms with E-state index in [0.717, 1.165) is 25.7 Å². The van der Waals surface area contributed by atoms with Crippen molar-refractivity contribution in [2.45, 2.75) is 44.3 Å². The largest absolute Gasteiger partial charge is 0.508 e. The first-order chi connectivity index (χ1) is 7.65. The molecule has 0 aliphatic heterocycles. The molecule has 1 fully saturated rings. The van der Waals surface area contributed by atoms with E-state index in [9.17, 15) is 9.50 Å². The van der Waals surface area contributed by atoms with E-state index in [1.165, 1.54) is 6.42 Å². The van der Waals surface area contributed by atoms with Gasteiger partial charge in [-0.05, 0) is 30.5 Å². The fourth-order valence-corrected chi connectivity index (χ4v) is 2.52. The molecule has 2 nitrogen and oxygen atoms in total. The Balaban J connectivity index is 2.37. The highest BCUT2D eigenvalue weighted by Crippen LogP contribution is 2.39. The van der Waals surface area contributed by atoms with Gasteiger partial charge in [-0.15, -0.1) is 0 Å². The van der Waals surface area contributed by atoms with Gasteiger partial charge < -0.3 is 10.8 Å². The molecular weight excluding hydrogens is 205 g/mol. The molecule has 3 heteroatoms. The first-order valence-corrected chi connectivity index (χ1v) is 5.83. The molecule has 1 saturated carbocycles. The average Bonchev–Trinajstić information content (AvgIpc) is 2.30. The Kier molecular flexibility index (Phi) is 3.15. The van der Waals surface area contributed by atoms with Crippen molar-refractivity contribution in [2.24, 2.45) is 5.73 Å². The first kappa shape index (κ1) is 11.4. The van der Waals surface area contributed by atoms with Gasteiger partial charge in [-0.2, -0.15) is 0 Å². The Labute approximate surface area is 95.3 Å². The Hall–Kier alpha value is -1.09. The summed E-state index contributed by atoms with van der Waals surface area (Å²) in [6.07, 6.45) is 5.10. The molecule has 1 aliphatic rings. The molecule has 0 aromatic heterocycles. The summed E-state index contributed by atoms with van der Waals surface area (Å²) in [5, 5.41) is 9.85. The summed E-state index contributed by atoms with van der Waals surface area (Å²) >= 11 is 0. The van der Waals surface area contributed by atoms with Crippen LogP contribution in [0, 0.1) is 0 Å². The fraction of sp³-hybridized carbons (Fsp3) is 0.538. The van der Waals surface area contributed by atoms with Crippen molar-refractivity contribution in [3.8, 4) is 5.75 Å². The number of alkyl halides is 1. The zero-order valence-corrected chi connectivity index (χ0v) is 9.38. The van der Waals surface area contributed by atoms with Crippen LogP contribution in [-0.4, -0.2) is 5.11 Å². The monoisotopic (exact) mass is 223 g/mol. The number of phenolic OH excluding ortho intramolecular Hbond substituents is 1. The van der Waals surface area contributed by atoms with Gasteiger partial charge in [0.1, 0.15) is 12.4 Å². The Morgan fingerprint density at radius 1 is 1.25 bits per heavy atom. The van der Waals surface area contributed by atoms with E-state index >= 15 is 0 Å². The van der Waals surface area contributed by atoms with Crippen molar-refractivity contribution in [3.63, 3.8) is 0 Å². The van der Waals surface area contributed by atoms with Crippen LogP contribution in [-0.2, 0) is 12.2 Å². The number of rotatable bonds is 2. The van der Waals surface area contributed by atoms with Gasteiger partial charge in [-0.1, -0.05) is 25.3 Å². The third-order valence-corrected chi connectivity index (χ3v) is 3.50. The molecule has 0 heterocycles. The Morgan fingerprint density at radius 3 is 2.56 bits per heavy atom. The highest BCUT2D eigenvalue weighted by Gasteiger charge is 2.31. The maximum Gasteiger partial charge on any atom is 0.120 e. The number of phenols is 1. The average molecular weight is 223 g/mol. The topological polar surface area (TPSA) is 46.2 Å². The van der Waals surface area contributed by atoms with Gasteiger partial charge in [0.25, 0.3) is 0 Å². The van der Waals surface area contributed by atoms with Gasteiger partial charge in [-0.25, -0.2) is 4.39 Å². The molecular formula is C13H18FNO. The van der Waals surface area contributed by atoms with Crippen LogP contribution in [0.5, 0.6) is 5.75 Å². The van der Waals surface area contributed by atoms with Gasteiger partial charge in [-0.3, -0.25) is 0 Å². The molecule has 3 N–H and O–H groups in total. The number of hydrogen-bond donors (Lipinski definition) is 2. The lowest BCUT2D eigenvalue weighted by molar-refractivity contribution is 0.291. The summed E-state index contributed by atoms with van der Waals surface area (Å²) in [7, 11) is 0. The van der Waals surface area contributed by atoms with Gasteiger partial charge in [0.15, 0.2) is 0 Å². The molecule has 0 saturated heterocycles. The van der Waals surface area contributed by atoms with Gasteiger partial charge in [0, 0.05) is 11.1 Å². The minimum Gasteiger partial charge on any atom is -0.508 e. The van der Waals surface area contributed by atoms with Crippen LogP contribution < -0.4 is 5.73 Å². The van der Waals surface area contributed by atoms with Crippen LogP contribution in [0.3, 0.4) is 0 Å². The summed E-state index contributed by atoms with van der Waals surface area (Å²) in [5.41, 5.74) is 7.15. The summed E-state index contributed by atoms with van der Waals surface area (Å²) in [4.78, 5) is 0. The van der Waals surface area contributed by atoms with E-state index in [2.05, 4.69) is 0 Å². The van der Waals surface area contributed by atoms with Gasteiger partial charge in [0.05, 0.1) is 0 Å². The number of halogens is 1. The second kappa shape index (κ2) is 4.42. The normalized spacial score (nSPS) is 19.6. The summed E-state index contributed by atoms with van der Waals surface area (Å²) in [5.74, 6) is 0.196. The molecule has 0 radical (unpaired) electrons. The SMILES string of the molecule is NC1(c2cc(CF)ccc2O)CCCCC1. The zero-order valence-electron chi connectivity index (χ0n) is 9.38. The highest BCUT2D eigenvalue weighted by molar-refractivity contribution is 5.41. The van der Waals surface area contributed by atoms with E-state index in [-0.39, 0.29) is 5.75 Å². The smallest absolute Gasteiger partial charge is 0.120 e. The van der Waals surface area contributed by atoms with Crippen molar-refractivity contribution in [2.75, 3.05) is 0 Å². The van der Waals surface area contributed by atoms with E-state index in [1.54, 1.807) is 18.2 Å². The van der Waals surface area contributed by atoms with Crippen molar-refractivity contribution >= 4 is 0 Å². The van der Waals surface area contributed by atoms with Crippen LogP contribution in [0.4, 0.5) is 4.39 Å². The number of nitrogens with two attached hydrogens (primary N) is 1. The van der Waals surface area contributed by atoms with Crippen molar-refractivity contribution < 1.29 is 9.50 Å². The molecule has 1 aromatic carbocycles. The third-order valence-electron chi connectivity index (χ3n) is 3.50. The standard InChI is InChI=1S/C13H18FNO/c14-9-10-4-5-12(16)11(8-10)13(15)6-2-1-3-7-13/h4-5,8,16H,1-3,6-7,9,15H2. The fourth-order valence-electron chi connectivity index (χ4n) is 2.52. The lowest BCUT2D eigenvalue weighted by Crippen LogP contribution is -2.38. The molecule has 0 bridgehead atoms. The summed E-state index contributed by atoms with van der Waals surface area (Å²) in [6.45, 7) is -0.511. The molecule has 0 atom stereocenters. The predicted molar refractivity (Wildman–Crippen MR) is 61.9 cm³/mol. The Bertz CT molecular complexity index is 372. The molecule has 2 rings (SSSR count). The number of benzene rings is 1. The van der Waals surface area contributed by atoms with Crippen LogP contribution >= 0.6 is 0 Å². The van der Waals surface area contributed by atoms with E-state index in [0.29, 0.717) is 11.1 Å². The van der Waals surface area contributed by atoms with Crippen molar-refractivity contribution in [3.05, 3.63) is 29.3 Å². The molecule has 1 aliphatic carbocycles.